The number of hydrogen-bond acceptors (Lipinski definition) is 3. The van der Waals surface area contributed by atoms with Crippen LogP contribution in [0.4, 0.5) is 0 Å². The highest BCUT2D eigenvalue weighted by Crippen LogP contribution is 2.30. The van der Waals surface area contributed by atoms with Crippen LogP contribution in [0.3, 0.4) is 0 Å². The molecular formula is C14H25N3O. The maximum Gasteiger partial charge on any atom is 0.0955 e. The second-order valence-corrected chi connectivity index (χ2v) is 6.39. The number of fused-ring (bicyclic) bond motifs is 1. The molecule has 0 aliphatic heterocycles. The summed E-state index contributed by atoms with van der Waals surface area (Å²) in [6, 6.07) is -0.151. The van der Waals surface area contributed by atoms with Crippen LogP contribution in [-0.2, 0) is 12.8 Å². The number of imidazole rings is 1. The Morgan fingerprint density at radius 2 is 2.06 bits per heavy atom. The minimum atomic E-state index is -0.0808. The SMILES string of the molecule is CC(C)(C)C(N)C(CO)n1cnc2c1CCCC2. The van der Waals surface area contributed by atoms with Crippen LogP contribution in [0.15, 0.2) is 6.33 Å². The lowest BCUT2D eigenvalue weighted by Crippen LogP contribution is -2.44. The third kappa shape index (κ3) is 2.45. The summed E-state index contributed by atoms with van der Waals surface area (Å²) in [7, 11) is 0. The number of aliphatic hydroxyl groups is 1. The topological polar surface area (TPSA) is 64.1 Å². The maximum atomic E-state index is 9.70. The van der Waals surface area contributed by atoms with Crippen molar-refractivity contribution < 1.29 is 5.11 Å². The predicted molar refractivity (Wildman–Crippen MR) is 72.4 cm³/mol. The summed E-state index contributed by atoms with van der Waals surface area (Å²) >= 11 is 0. The van der Waals surface area contributed by atoms with Gasteiger partial charge in [-0.25, -0.2) is 4.98 Å². The van der Waals surface area contributed by atoms with Gasteiger partial charge in [-0.3, -0.25) is 0 Å². The Hall–Kier alpha value is -0.870. The Kier molecular flexibility index (Phi) is 3.78. The van der Waals surface area contributed by atoms with Crippen molar-refractivity contribution in [1.82, 2.24) is 9.55 Å². The first kappa shape index (κ1) is 13.6. The average Bonchev–Trinajstić information content (AvgIpc) is 2.73. The number of hydrogen-bond donors (Lipinski definition) is 2. The van der Waals surface area contributed by atoms with Crippen molar-refractivity contribution in [2.24, 2.45) is 11.1 Å². The smallest absolute Gasteiger partial charge is 0.0955 e. The van der Waals surface area contributed by atoms with Gasteiger partial charge in [0, 0.05) is 11.7 Å². The van der Waals surface area contributed by atoms with E-state index in [0.29, 0.717) is 0 Å². The lowest BCUT2D eigenvalue weighted by atomic mass is 9.82. The first-order valence-electron chi connectivity index (χ1n) is 6.86. The van der Waals surface area contributed by atoms with E-state index < -0.39 is 0 Å². The number of nitrogens with two attached hydrogens (primary N) is 1. The van der Waals surface area contributed by atoms with Crippen LogP contribution < -0.4 is 5.73 Å². The molecule has 1 aliphatic carbocycles. The number of aliphatic hydroxyl groups excluding tert-OH is 1. The van der Waals surface area contributed by atoms with Gasteiger partial charge in [-0.15, -0.1) is 0 Å². The van der Waals surface area contributed by atoms with Crippen LogP contribution in [-0.4, -0.2) is 27.3 Å². The molecule has 4 nitrogen and oxygen atoms in total. The van der Waals surface area contributed by atoms with Gasteiger partial charge in [-0.2, -0.15) is 0 Å². The van der Waals surface area contributed by atoms with Crippen molar-refractivity contribution in [3.63, 3.8) is 0 Å². The summed E-state index contributed by atoms with van der Waals surface area (Å²) in [5.41, 5.74) is 8.77. The maximum absolute atomic E-state index is 9.70. The number of rotatable bonds is 3. The molecule has 0 aromatic carbocycles. The summed E-state index contributed by atoms with van der Waals surface area (Å²) in [6.07, 6.45) is 6.41. The molecule has 1 aliphatic rings. The van der Waals surface area contributed by atoms with Gasteiger partial charge >= 0.3 is 0 Å². The molecular weight excluding hydrogens is 226 g/mol. The van der Waals surface area contributed by atoms with Crippen LogP contribution in [0.25, 0.3) is 0 Å². The van der Waals surface area contributed by atoms with E-state index in [4.69, 9.17) is 5.73 Å². The molecule has 2 rings (SSSR count). The van der Waals surface area contributed by atoms with Gasteiger partial charge in [0.05, 0.1) is 24.7 Å². The van der Waals surface area contributed by atoms with Gasteiger partial charge in [0.15, 0.2) is 0 Å². The summed E-state index contributed by atoms with van der Waals surface area (Å²) < 4.78 is 2.12. The molecule has 102 valence electrons. The highest BCUT2D eigenvalue weighted by molar-refractivity contribution is 5.18. The molecule has 2 unspecified atom stereocenters. The number of nitrogens with zero attached hydrogens (tertiary/aromatic N) is 2. The van der Waals surface area contributed by atoms with Crippen molar-refractivity contribution in [3.8, 4) is 0 Å². The second kappa shape index (κ2) is 5.02. The van der Waals surface area contributed by atoms with E-state index in [2.05, 4.69) is 30.3 Å². The molecule has 0 spiro atoms. The lowest BCUT2D eigenvalue weighted by molar-refractivity contribution is 0.152. The van der Waals surface area contributed by atoms with Gasteiger partial charge in [0.2, 0.25) is 0 Å². The monoisotopic (exact) mass is 251 g/mol. The highest BCUT2D eigenvalue weighted by Gasteiger charge is 2.31. The highest BCUT2D eigenvalue weighted by atomic mass is 16.3. The molecule has 0 bridgehead atoms. The van der Waals surface area contributed by atoms with E-state index in [1.54, 1.807) is 0 Å². The van der Waals surface area contributed by atoms with Crippen LogP contribution in [0.2, 0.25) is 0 Å². The molecule has 1 aromatic heterocycles. The molecule has 4 heteroatoms. The molecule has 0 amide bonds. The first-order valence-corrected chi connectivity index (χ1v) is 6.86. The van der Waals surface area contributed by atoms with Gasteiger partial charge in [0.1, 0.15) is 0 Å². The lowest BCUT2D eigenvalue weighted by Gasteiger charge is -2.35. The molecule has 18 heavy (non-hydrogen) atoms. The summed E-state index contributed by atoms with van der Waals surface area (Å²) in [5, 5.41) is 9.70. The largest absolute Gasteiger partial charge is 0.394 e. The average molecular weight is 251 g/mol. The number of aromatic nitrogens is 2. The second-order valence-electron chi connectivity index (χ2n) is 6.39. The Morgan fingerprint density at radius 1 is 1.39 bits per heavy atom. The van der Waals surface area contributed by atoms with E-state index in [-0.39, 0.29) is 24.1 Å². The van der Waals surface area contributed by atoms with E-state index in [1.165, 1.54) is 24.2 Å². The van der Waals surface area contributed by atoms with Crippen molar-refractivity contribution in [1.29, 1.82) is 0 Å². The zero-order valence-corrected chi connectivity index (χ0v) is 11.7. The minimum absolute atomic E-state index is 0.0286. The predicted octanol–water partition coefficient (Wildman–Crippen LogP) is 1.67. The van der Waals surface area contributed by atoms with Crippen LogP contribution in [0.5, 0.6) is 0 Å². The zero-order chi connectivity index (χ0) is 13.3. The molecule has 0 fully saturated rings. The minimum Gasteiger partial charge on any atom is -0.394 e. The molecule has 0 radical (unpaired) electrons. The van der Waals surface area contributed by atoms with Crippen molar-refractivity contribution >= 4 is 0 Å². The quantitative estimate of drug-likeness (QED) is 0.859. The molecule has 1 aromatic rings. The van der Waals surface area contributed by atoms with E-state index in [1.807, 2.05) is 6.33 Å². The normalized spacial score (nSPS) is 19.4. The van der Waals surface area contributed by atoms with Gasteiger partial charge in [-0.1, -0.05) is 20.8 Å². The van der Waals surface area contributed by atoms with Crippen LogP contribution in [0.1, 0.15) is 51.0 Å². The van der Waals surface area contributed by atoms with E-state index in [0.717, 1.165) is 12.8 Å². The summed E-state index contributed by atoms with van der Waals surface area (Å²) in [5.74, 6) is 0. The zero-order valence-electron chi connectivity index (χ0n) is 11.7. The third-order valence-corrected chi connectivity index (χ3v) is 4.02. The van der Waals surface area contributed by atoms with Crippen LogP contribution in [0, 0.1) is 5.41 Å². The molecule has 3 N–H and O–H groups in total. The van der Waals surface area contributed by atoms with Gasteiger partial charge in [-0.05, 0) is 31.1 Å². The Morgan fingerprint density at radius 3 is 2.67 bits per heavy atom. The van der Waals surface area contributed by atoms with Gasteiger partial charge < -0.3 is 15.4 Å². The van der Waals surface area contributed by atoms with E-state index >= 15 is 0 Å². The first-order chi connectivity index (χ1) is 8.45. The Labute approximate surface area is 109 Å². The van der Waals surface area contributed by atoms with Gasteiger partial charge in [0.25, 0.3) is 0 Å². The Bertz CT molecular complexity index is 406. The molecule has 0 saturated carbocycles. The van der Waals surface area contributed by atoms with E-state index in [9.17, 15) is 5.11 Å². The third-order valence-electron chi connectivity index (χ3n) is 4.02. The standard InChI is InChI=1S/C14H25N3O/c1-14(2,3)13(15)12(8-18)17-9-16-10-6-4-5-7-11(10)17/h9,12-13,18H,4-8,15H2,1-3H3. The molecule has 1 heterocycles. The van der Waals surface area contributed by atoms with Crippen LogP contribution >= 0.6 is 0 Å². The number of aryl methyl sites for hydroxylation is 1. The molecule has 2 atom stereocenters. The summed E-state index contributed by atoms with van der Waals surface area (Å²) in [4.78, 5) is 4.49. The van der Waals surface area contributed by atoms with Crippen molar-refractivity contribution in [3.05, 3.63) is 17.7 Å². The fraction of sp³-hybridized carbons (Fsp3) is 0.786. The van der Waals surface area contributed by atoms with Crippen molar-refractivity contribution in [2.45, 2.75) is 58.5 Å². The Balaban J connectivity index is 2.30. The summed E-state index contributed by atoms with van der Waals surface area (Å²) in [6.45, 7) is 6.42. The fourth-order valence-electron chi connectivity index (χ4n) is 2.73. The fourth-order valence-corrected chi connectivity index (χ4v) is 2.73. The molecule has 0 saturated heterocycles. The van der Waals surface area contributed by atoms with Crippen molar-refractivity contribution in [2.75, 3.05) is 6.61 Å².